The van der Waals surface area contributed by atoms with Crippen LogP contribution in [0.1, 0.15) is 26.7 Å². The third kappa shape index (κ3) is 4.61. The molecule has 0 radical (unpaired) electrons. The van der Waals surface area contributed by atoms with E-state index in [-0.39, 0.29) is 0 Å². The SMILES string of the molecule is CCCOCCS/C(=N/N1CCC1C)NC. The average Bonchev–Trinajstić information content (AvgIpc) is 2.30. The van der Waals surface area contributed by atoms with Gasteiger partial charge >= 0.3 is 0 Å². The molecule has 16 heavy (non-hydrogen) atoms. The van der Waals surface area contributed by atoms with Crippen LogP contribution in [0.3, 0.4) is 0 Å². The van der Waals surface area contributed by atoms with Crippen molar-refractivity contribution in [1.82, 2.24) is 10.3 Å². The van der Waals surface area contributed by atoms with Crippen LogP contribution in [0.15, 0.2) is 5.10 Å². The van der Waals surface area contributed by atoms with E-state index < -0.39 is 0 Å². The molecule has 1 rings (SSSR count). The summed E-state index contributed by atoms with van der Waals surface area (Å²) in [6.45, 7) is 7.07. The lowest BCUT2D eigenvalue weighted by Crippen LogP contribution is -2.42. The Bertz CT molecular complexity index is 223. The maximum absolute atomic E-state index is 5.43. The van der Waals surface area contributed by atoms with Crippen LogP contribution in [0.5, 0.6) is 0 Å². The Balaban J connectivity index is 2.15. The fraction of sp³-hybridized carbons (Fsp3) is 0.909. The van der Waals surface area contributed by atoms with Crippen LogP contribution in [0.25, 0.3) is 0 Å². The fourth-order valence-electron chi connectivity index (χ4n) is 1.36. The Morgan fingerprint density at radius 2 is 2.38 bits per heavy atom. The summed E-state index contributed by atoms with van der Waals surface area (Å²) >= 11 is 1.72. The van der Waals surface area contributed by atoms with Crippen molar-refractivity contribution >= 4 is 16.9 Å². The predicted octanol–water partition coefficient (Wildman–Crippen LogP) is 1.73. The Morgan fingerprint density at radius 3 is 2.88 bits per heavy atom. The van der Waals surface area contributed by atoms with Gasteiger partial charge in [0.05, 0.1) is 6.61 Å². The number of nitrogens with one attached hydrogen (secondary N) is 1. The molecule has 0 amide bonds. The van der Waals surface area contributed by atoms with Gasteiger partial charge in [0.25, 0.3) is 0 Å². The molecule has 0 spiro atoms. The highest BCUT2D eigenvalue weighted by Crippen LogP contribution is 2.17. The molecule has 0 aromatic rings. The topological polar surface area (TPSA) is 36.9 Å². The van der Waals surface area contributed by atoms with Crippen LogP contribution in [-0.2, 0) is 4.74 Å². The first-order valence-corrected chi connectivity index (χ1v) is 7.00. The van der Waals surface area contributed by atoms with Gasteiger partial charge in [0, 0.05) is 32.0 Å². The number of hydrogen-bond donors (Lipinski definition) is 1. The van der Waals surface area contributed by atoms with Crippen LogP contribution in [0.4, 0.5) is 0 Å². The normalized spacial score (nSPS) is 20.8. The first-order valence-electron chi connectivity index (χ1n) is 6.01. The van der Waals surface area contributed by atoms with Gasteiger partial charge in [-0.3, -0.25) is 5.01 Å². The van der Waals surface area contributed by atoms with Gasteiger partial charge in [-0.15, -0.1) is 0 Å². The molecule has 0 aromatic carbocycles. The van der Waals surface area contributed by atoms with Crippen molar-refractivity contribution in [3.63, 3.8) is 0 Å². The van der Waals surface area contributed by atoms with E-state index in [0.29, 0.717) is 6.04 Å². The summed E-state index contributed by atoms with van der Waals surface area (Å²) in [7, 11) is 1.92. The summed E-state index contributed by atoms with van der Waals surface area (Å²) in [6.07, 6.45) is 2.34. The molecule has 1 aliphatic rings. The number of hydrogen-bond acceptors (Lipinski definition) is 4. The lowest BCUT2D eigenvalue weighted by molar-refractivity contribution is 0.110. The Morgan fingerprint density at radius 1 is 1.56 bits per heavy atom. The summed E-state index contributed by atoms with van der Waals surface area (Å²) in [5.74, 6) is 0.960. The maximum atomic E-state index is 5.43. The van der Waals surface area contributed by atoms with E-state index in [1.807, 2.05) is 7.05 Å². The highest BCUT2D eigenvalue weighted by Gasteiger charge is 2.22. The molecule has 1 saturated heterocycles. The van der Waals surface area contributed by atoms with Gasteiger partial charge in [0.1, 0.15) is 0 Å². The van der Waals surface area contributed by atoms with Crippen molar-refractivity contribution in [2.75, 3.05) is 32.6 Å². The molecule has 1 unspecified atom stereocenters. The van der Waals surface area contributed by atoms with E-state index in [1.165, 1.54) is 6.42 Å². The molecule has 4 nitrogen and oxygen atoms in total. The van der Waals surface area contributed by atoms with E-state index in [1.54, 1.807) is 11.8 Å². The summed E-state index contributed by atoms with van der Waals surface area (Å²) in [5.41, 5.74) is 0. The molecule has 94 valence electrons. The van der Waals surface area contributed by atoms with E-state index in [9.17, 15) is 0 Å². The van der Waals surface area contributed by atoms with Crippen LogP contribution in [-0.4, -0.2) is 48.8 Å². The largest absolute Gasteiger partial charge is 0.381 e. The molecule has 1 atom stereocenters. The zero-order valence-electron chi connectivity index (χ0n) is 10.5. The van der Waals surface area contributed by atoms with Gasteiger partial charge in [0.15, 0.2) is 5.17 Å². The van der Waals surface area contributed by atoms with Crippen molar-refractivity contribution in [3.05, 3.63) is 0 Å². The molecule has 0 saturated carbocycles. The van der Waals surface area contributed by atoms with Gasteiger partial charge in [-0.2, -0.15) is 5.10 Å². The van der Waals surface area contributed by atoms with E-state index in [4.69, 9.17) is 4.74 Å². The second-order valence-corrected chi connectivity index (χ2v) is 5.00. The molecular formula is C11H23N3OS. The van der Waals surface area contributed by atoms with Crippen LogP contribution in [0.2, 0.25) is 0 Å². The van der Waals surface area contributed by atoms with Crippen LogP contribution >= 0.6 is 11.8 Å². The Kier molecular flexibility index (Phi) is 6.64. The molecule has 0 aliphatic carbocycles. The van der Waals surface area contributed by atoms with Gasteiger partial charge in [-0.05, 0) is 19.8 Å². The van der Waals surface area contributed by atoms with Gasteiger partial charge < -0.3 is 10.1 Å². The first kappa shape index (κ1) is 13.6. The van der Waals surface area contributed by atoms with Gasteiger partial charge in [-0.1, -0.05) is 18.7 Å². The predicted molar refractivity (Wildman–Crippen MR) is 70.8 cm³/mol. The first-order chi connectivity index (χ1) is 7.77. The number of thioether (sulfide) groups is 1. The van der Waals surface area contributed by atoms with Crippen LogP contribution < -0.4 is 5.32 Å². The van der Waals surface area contributed by atoms with E-state index in [2.05, 4.69) is 29.3 Å². The van der Waals surface area contributed by atoms with Crippen molar-refractivity contribution in [2.24, 2.45) is 5.10 Å². The molecule has 1 N–H and O–H groups in total. The van der Waals surface area contributed by atoms with Crippen molar-refractivity contribution in [1.29, 1.82) is 0 Å². The molecular weight excluding hydrogens is 222 g/mol. The summed E-state index contributed by atoms with van der Waals surface area (Å²) in [6, 6.07) is 0.597. The standard InChI is InChI=1S/C11H23N3OS/c1-4-7-15-8-9-16-11(12-3)13-14-6-5-10(14)2/h10H,4-9H2,1-3H3,(H,12,13). The number of amidine groups is 1. The van der Waals surface area contributed by atoms with Crippen molar-refractivity contribution < 1.29 is 4.74 Å². The molecule has 1 fully saturated rings. The molecule has 1 heterocycles. The smallest absolute Gasteiger partial charge is 0.180 e. The number of ether oxygens (including phenoxy) is 1. The average molecular weight is 245 g/mol. The summed E-state index contributed by atoms with van der Waals surface area (Å²) in [5, 5.41) is 10.8. The van der Waals surface area contributed by atoms with E-state index in [0.717, 1.165) is 37.1 Å². The monoisotopic (exact) mass is 245 g/mol. The molecule has 0 aromatic heterocycles. The summed E-state index contributed by atoms with van der Waals surface area (Å²) < 4.78 is 5.43. The zero-order valence-corrected chi connectivity index (χ0v) is 11.3. The highest BCUT2D eigenvalue weighted by atomic mass is 32.2. The fourth-order valence-corrected chi connectivity index (χ4v) is 2.06. The number of hydrazone groups is 1. The summed E-state index contributed by atoms with van der Waals surface area (Å²) in [4.78, 5) is 0. The highest BCUT2D eigenvalue weighted by molar-refractivity contribution is 8.13. The van der Waals surface area contributed by atoms with Gasteiger partial charge in [-0.25, -0.2) is 0 Å². The Labute approximate surface area is 103 Å². The minimum Gasteiger partial charge on any atom is -0.381 e. The number of rotatable bonds is 6. The second kappa shape index (κ2) is 7.79. The quantitative estimate of drug-likeness (QED) is 0.439. The molecule has 0 bridgehead atoms. The number of nitrogens with zero attached hydrogens (tertiary/aromatic N) is 2. The lowest BCUT2D eigenvalue weighted by Gasteiger charge is -2.36. The molecule has 5 heteroatoms. The zero-order chi connectivity index (χ0) is 11.8. The van der Waals surface area contributed by atoms with Crippen molar-refractivity contribution in [3.8, 4) is 0 Å². The minimum absolute atomic E-state index is 0.597. The molecule has 1 aliphatic heterocycles. The lowest BCUT2D eigenvalue weighted by atomic mass is 10.1. The third-order valence-corrected chi connectivity index (χ3v) is 3.46. The second-order valence-electron chi connectivity index (χ2n) is 3.92. The third-order valence-electron chi connectivity index (χ3n) is 2.53. The maximum Gasteiger partial charge on any atom is 0.180 e. The van der Waals surface area contributed by atoms with Crippen LogP contribution in [0, 0.1) is 0 Å². The Hall–Kier alpha value is -0.420. The van der Waals surface area contributed by atoms with Gasteiger partial charge in [0.2, 0.25) is 0 Å². The minimum atomic E-state index is 0.597. The van der Waals surface area contributed by atoms with Crippen molar-refractivity contribution in [2.45, 2.75) is 32.7 Å². The van der Waals surface area contributed by atoms with E-state index >= 15 is 0 Å².